The number of aromatic nitrogens is 1. The van der Waals surface area contributed by atoms with Gasteiger partial charge in [-0.3, -0.25) is 9.79 Å². The van der Waals surface area contributed by atoms with Crippen LogP contribution in [0.5, 0.6) is 5.88 Å². The van der Waals surface area contributed by atoms with Gasteiger partial charge < -0.3 is 15.8 Å². The largest absolute Gasteiger partial charge is 0.481 e. The molecule has 0 bridgehead atoms. The lowest BCUT2D eigenvalue weighted by Gasteiger charge is -2.15. The molecule has 1 amide bonds. The van der Waals surface area contributed by atoms with E-state index in [0.717, 1.165) is 6.20 Å². The van der Waals surface area contributed by atoms with Crippen LogP contribution < -0.4 is 15.8 Å². The highest BCUT2D eigenvalue weighted by Gasteiger charge is 2.42. The fraction of sp³-hybridized carbons (Fsp3) is 0.526. The Morgan fingerprint density at radius 2 is 2.15 bits per heavy atom. The number of halogens is 1. The minimum atomic E-state index is -0.804. The van der Waals surface area contributed by atoms with Crippen molar-refractivity contribution in [2.75, 3.05) is 7.11 Å². The van der Waals surface area contributed by atoms with Gasteiger partial charge in [-0.1, -0.05) is 6.07 Å². The van der Waals surface area contributed by atoms with Crippen LogP contribution in [0.2, 0.25) is 0 Å². The first-order chi connectivity index (χ1) is 12.6. The van der Waals surface area contributed by atoms with Gasteiger partial charge in [0.15, 0.2) is 0 Å². The number of nitrogens with zero attached hydrogens (tertiary/aromatic N) is 2. The van der Waals surface area contributed by atoms with Crippen LogP contribution in [0.15, 0.2) is 35.2 Å². The van der Waals surface area contributed by atoms with Gasteiger partial charge in [0.1, 0.15) is 5.70 Å². The van der Waals surface area contributed by atoms with Gasteiger partial charge in [-0.15, -0.1) is 0 Å². The van der Waals surface area contributed by atoms with Crippen molar-refractivity contribution >= 4 is 11.9 Å². The molecule has 2 aliphatic carbocycles. The van der Waals surface area contributed by atoms with Crippen molar-refractivity contribution < 1.29 is 13.9 Å². The molecule has 3 rings (SSSR count). The second-order valence-corrected chi connectivity index (χ2v) is 6.95. The smallest absolute Gasteiger partial charge is 0.233 e. The summed E-state index contributed by atoms with van der Waals surface area (Å²) in [6.07, 6.45) is 7.88. The fourth-order valence-electron chi connectivity index (χ4n) is 3.31. The number of aliphatic imine (C=N–C) groups is 1. The van der Waals surface area contributed by atoms with Gasteiger partial charge in [0.25, 0.3) is 0 Å². The normalized spacial score (nSPS) is 18.1. The van der Waals surface area contributed by atoms with E-state index in [2.05, 4.69) is 15.3 Å². The number of hydrogen-bond acceptors (Lipinski definition) is 5. The third-order valence-corrected chi connectivity index (χ3v) is 4.97. The number of methoxy groups -OCH3 is 1. The predicted molar refractivity (Wildman–Crippen MR) is 97.0 cm³/mol. The van der Waals surface area contributed by atoms with Crippen molar-refractivity contribution in [3.05, 3.63) is 35.8 Å². The Bertz CT molecular complexity index is 699. The van der Waals surface area contributed by atoms with Gasteiger partial charge in [-0.05, 0) is 49.5 Å². The van der Waals surface area contributed by atoms with E-state index in [4.69, 9.17) is 10.5 Å². The Balaban J connectivity index is 1.57. The first-order valence-electron chi connectivity index (χ1n) is 9.02. The van der Waals surface area contributed by atoms with Gasteiger partial charge >= 0.3 is 0 Å². The second kappa shape index (κ2) is 8.29. The van der Waals surface area contributed by atoms with Gasteiger partial charge in [0.05, 0.1) is 13.7 Å². The number of nitrogens with one attached hydrogen (secondary N) is 1. The molecule has 0 saturated heterocycles. The maximum absolute atomic E-state index is 14.4. The van der Waals surface area contributed by atoms with Crippen molar-refractivity contribution in [3.63, 3.8) is 0 Å². The SMILES string of the molecule is COc1ncccc1CN=C(F)/C(=C\N)NC(=O)CC(C1CC1)C1CC1. The lowest BCUT2D eigenvalue weighted by Crippen LogP contribution is -2.29. The average Bonchev–Trinajstić information content (AvgIpc) is 3.55. The molecule has 3 N–H and O–H groups in total. The molecule has 0 spiro atoms. The molecular weight excluding hydrogens is 335 g/mol. The van der Waals surface area contributed by atoms with Crippen molar-refractivity contribution in [3.8, 4) is 5.88 Å². The van der Waals surface area contributed by atoms with E-state index in [9.17, 15) is 9.18 Å². The monoisotopic (exact) mass is 360 g/mol. The molecule has 1 heterocycles. The number of allylic oxidation sites excluding steroid dienone is 1. The van der Waals surface area contributed by atoms with E-state index >= 15 is 0 Å². The molecule has 0 atom stereocenters. The summed E-state index contributed by atoms with van der Waals surface area (Å²) in [6.45, 7) is 0.0445. The number of rotatable bonds is 9. The van der Waals surface area contributed by atoms with Crippen LogP contribution >= 0.6 is 0 Å². The Labute approximate surface area is 152 Å². The van der Waals surface area contributed by atoms with Gasteiger partial charge in [0, 0.05) is 24.4 Å². The molecule has 0 radical (unpaired) electrons. The molecule has 2 fully saturated rings. The number of amides is 1. The molecule has 0 aliphatic heterocycles. The average molecular weight is 360 g/mol. The first-order valence-corrected chi connectivity index (χ1v) is 9.02. The molecule has 140 valence electrons. The molecular formula is C19H25FN4O2. The lowest BCUT2D eigenvalue weighted by atomic mass is 9.94. The zero-order chi connectivity index (χ0) is 18.5. The summed E-state index contributed by atoms with van der Waals surface area (Å²) in [5, 5.41) is 2.57. The predicted octanol–water partition coefficient (Wildman–Crippen LogP) is 2.70. The van der Waals surface area contributed by atoms with Crippen molar-refractivity contribution in [1.82, 2.24) is 10.3 Å². The third-order valence-electron chi connectivity index (χ3n) is 4.97. The quantitative estimate of drug-likeness (QED) is 0.663. The summed E-state index contributed by atoms with van der Waals surface area (Å²) >= 11 is 0. The van der Waals surface area contributed by atoms with Crippen LogP contribution in [0.25, 0.3) is 0 Å². The van der Waals surface area contributed by atoms with E-state index in [-0.39, 0.29) is 18.1 Å². The van der Waals surface area contributed by atoms with Crippen LogP contribution in [0, 0.1) is 17.8 Å². The van der Waals surface area contributed by atoms with E-state index in [1.54, 1.807) is 18.3 Å². The highest BCUT2D eigenvalue weighted by atomic mass is 19.1. The number of nitrogens with two attached hydrogens (primary N) is 1. The van der Waals surface area contributed by atoms with Crippen LogP contribution in [-0.2, 0) is 11.3 Å². The summed E-state index contributed by atoms with van der Waals surface area (Å²) in [4.78, 5) is 20.2. The molecule has 26 heavy (non-hydrogen) atoms. The van der Waals surface area contributed by atoms with Gasteiger partial charge in [0.2, 0.25) is 17.8 Å². The Hall–Kier alpha value is -2.44. The fourth-order valence-corrected chi connectivity index (χ4v) is 3.31. The minimum absolute atomic E-state index is 0.0445. The summed E-state index contributed by atoms with van der Waals surface area (Å²) in [7, 11) is 1.49. The third kappa shape index (κ3) is 4.80. The molecule has 0 aromatic carbocycles. The van der Waals surface area contributed by atoms with Crippen LogP contribution in [0.4, 0.5) is 4.39 Å². The number of hydrogen-bond donors (Lipinski definition) is 2. The van der Waals surface area contributed by atoms with Gasteiger partial charge in [-0.25, -0.2) is 4.98 Å². The highest BCUT2D eigenvalue weighted by Crippen LogP contribution is 2.50. The van der Waals surface area contributed by atoms with Gasteiger partial charge in [-0.2, -0.15) is 4.39 Å². The Kier molecular flexibility index (Phi) is 5.85. The summed E-state index contributed by atoms with van der Waals surface area (Å²) in [5.74, 6) is 1.14. The van der Waals surface area contributed by atoms with E-state index in [0.29, 0.717) is 35.6 Å². The zero-order valence-corrected chi connectivity index (χ0v) is 15.0. The molecule has 7 heteroatoms. The van der Waals surface area contributed by atoms with E-state index in [1.807, 2.05) is 0 Å². The lowest BCUT2D eigenvalue weighted by molar-refractivity contribution is -0.121. The topological polar surface area (TPSA) is 89.6 Å². The molecule has 6 nitrogen and oxygen atoms in total. The number of ether oxygens (including phenoxy) is 1. The first kappa shape index (κ1) is 18.4. The van der Waals surface area contributed by atoms with Crippen molar-refractivity contribution in [2.45, 2.75) is 38.6 Å². The summed E-state index contributed by atoms with van der Waals surface area (Å²) in [5.41, 5.74) is 6.04. The summed E-state index contributed by atoms with van der Waals surface area (Å²) < 4.78 is 19.5. The highest BCUT2D eigenvalue weighted by molar-refractivity contribution is 5.96. The maximum atomic E-state index is 14.4. The van der Waals surface area contributed by atoms with Crippen LogP contribution in [-0.4, -0.2) is 24.0 Å². The van der Waals surface area contributed by atoms with Crippen molar-refractivity contribution in [1.29, 1.82) is 0 Å². The number of carbonyl (C=O) groups is 1. The molecule has 2 saturated carbocycles. The Morgan fingerprint density at radius 3 is 2.73 bits per heavy atom. The molecule has 2 aliphatic rings. The minimum Gasteiger partial charge on any atom is -0.481 e. The van der Waals surface area contributed by atoms with Crippen LogP contribution in [0.3, 0.4) is 0 Å². The van der Waals surface area contributed by atoms with E-state index < -0.39 is 5.97 Å². The molecule has 0 unspecified atom stereocenters. The Morgan fingerprint density at radius 1 is 1.46 bits per heavy atom. The zero-order valence-electron chi connectivity index (χ0n) is 15.0. The maximum Gasteiger partial charge on any atom is 0.233 e. The summed E-state index contributed by atoms with van der Waals surface area (Å²) in [6, 6.07) is 3.48. The molecule has 1 aromatic heterocycles. The van der Waals surface area contributed by atoms with Crippen molar-refractivity contribution in [2.24, 2.45) is 28.5 Å². The number of pyridine rings is 1. The molecule has 1 aromatic rings. The van der Waals surface area contributed by atoms with Crippen LogP contribution in [0.1, 0.15) is 37.7 Å². The number of carbonyl (C=O) groups excluding carboxylic acids is 1. The second-order valence-electron chi connectivity index (χ2n) is 6.95. The van der Waals surface area contributed by atoms with E-state index in [1.165, 1.54) is 32.8 Å². The standard InChI is InChI=1S/C19H25FN4O2/c1-26-19-14(3-2-8-22-19)11-23-18(20)16(10-21)24-17(25)9-15(12-4-5-12)13-6-7-13/h2-3,8,10,12-13,15H,4-7,9,11,21H2,1H3,(H,24,25)/b16-10+,23-18?.